The molecular weight excluding hydrogens is 310 g/mol. The summed E-state index contributed by atoms with van der Waals surface area (Å²) in [6.07, 6.45) is 4.39. The van der Waals surface area contributed by atoms with E-state index in [4.69, 9.17) is 9.84 Å². The highest BCUT2D eigenvalue weighted by atomic mass is 16.6. The van der Waals surface area contributed by atoms with Crippen LogP contribution in [0, 0.1) is 0 Å². The van der Waals surface area contributed by atoms with Crippen molar-refractivity contribution >= 4 is 6.08 Å². The molecule has 0 bridgehead atoms. The first-order valence-corrected chi connectivity index (χ1v) is 8.54. The number of hydrogen-bond donors (Lipinski definition) is 1. The molecule has 0 radical (unpaired) electrons. The maximum atomic E-state index is 8.78. The molecule has 3 nitrogen and oxygen atoms in total. The van der Waals surface area contributed by atoms with Crippen LogP contribution in [0.5, 0.6) is 0 Å². The summed E-state index contributed by atoms with van der Waals surface area (Å²) in [5, 5.41) is 8.78. The highest BCUT2D eigenvalue weighted by Crippen LogP contribution is 2.25. The maximum absolute atomic E-state index is 8.78. The van der Waals surface area contributed by atoms with Gasteiger partial charge in [0.1, 0.15) is 0 Å². The van der Waals surface area contributed by atoms with E-state index in [9.17, 15) is 0 Å². The molecular formula is C22H23NO2. The average Bonchev–Trinajstić information content (AvgIpc) is 3.05. The molecule has 0 aliphatic heterocycles. The zero-order valence-corrected chi connectivity index (χ0v) is 14.4. The first kappa shape index (κ1) is 17.1. The first-order chi connectivity index (χ1) is 12.3. The van der Waals surface area contributed by atoms with Gasteiger partial charge in [0.05, 0.1) is 6.26 Å². The molecule has 2 aromatic carbocycles. The van der Waals surface area contributed by atoms with Gasteiger partial charge in [0.15, 0.2) is 6.79 Å². The van der Waals surface area contributed by atoms with Gasteiger partial charge in [-0.2, -0.15) is 0 Å². The van der Waals surface area contributed by atoms with Crippen LogP contribution in [-0.2, 0) is 17.7 Å². The van der Waals surface area contributed by atoms with Gasteiger partial charge in [0, 0.05) is 17.9 Å². The molecule has 0 atom stereocenters. The molecule has 3 heteroatoms. The predicted molar refractivity (Wildman–Crippen MR) is 102 cm³/mol. The van der Waals surface area contributed by atoms with Crippen LogP contribution in [0.4, 0.5) is 0 Å². The molecule has 25 heavy (non-hydrogen) atoms. The number of aliphatic hydroxyl groups excluding tert-OH is 1. The number of ether oxygens (including phenoxy) is 1. The molecule has 0 amide bonds. The fourth-order valence-electron chi connectivity index (χ4n) is 3.06. The lowest BCUT2D eigenvalue weighted by atomic mass is 9.99. The molecule has 0 saturated heterocycles. The van der Waals surface area contributed by atoms with E-state index in [0.717, 1.165) is 18.7 Å². The van der Waals surface area contributed by atoms with E-state index in [1.165, 1.54) is 28.6 Å². The van der Waals surface area contributed by atoms with Crippen LogP contribution in [0.3, 0.4) is 0 Å². The molecule has 0 unspecified atom stereocenters. The van der Waals surface area contributed by atoms with Crippen molar-refractivity contribution in [1.82, 2.24) is 4.57 Å². The summed E-state index contributed by atoms with van der Waals surface area (Å²) < 4.78 is 7.23. The van der Waals surface area contributed by atoms with Crippen LogP contribution in [0.15, 0.2) is 73.0 Å². The van der Waals surface area contributed by atoms with Gasteiger partial charge in [-0.15, -0.1) is 0 Å². The van der Waals surface area contributed by atoms with Crippen molar-refractivity contribution in [2.45, 2.75) is 19.9 Å². The molecule has 128 valence electrons. The summed E-state index contributed by atoms with van der Waals surface area (Å²) in [4.78, 5) is 0. The summed E-state index contributed by atoms with van der Waals surface area (Å²) in [7, 11) is 0. The Balaban J connectivity index is 1.97. The Kier molecular flexibility index (Phi) is 5.70. The number of aromatic nitrogens is 1. The SMILES string of the molecule is CCc1ccc(C=COCO)n1Cc1ccccc1-c1ccccc1. The van der Waals surface area contributed by atoms with E-state index in [1.807, 2.05) is 12.1 Å². The van der Waals surface area contributed by atoms with Crippen molar-refractivity contribution in [3.05, 3.63) is 89.9 Å². The first-order valence-electron chi connectivity index (χ1n) is 8.54. The summed E-state index contributed by atoms with van der Waals surface area (Å²) >= 11 is 0. The minimum atomic E-state index is -0.311. The molecule has 1 heterocycles. The highest BCUT2D eigenvalue weighted by Gasteiger charge is 2.09. The second-order valence-corrected chi connectivity index (χ2v) is 5.81. The number of aryl methyl sites for hydroxylation is 1. The number of rotatable bonds is 7. The fraction of sp³-hybridized carbons (Fsp3) is 0.182. The Hall–Kier alpha value is -2.78. The molecule has 0 fully saturated rings. The average molecular weight is 333 g/mol. The third-order valence-electron chi connectivity index (χ3n) is 4.31. The molecule has 3 rings (SSSR count). The standard InChI is InChI=1S/C22H23NO2/c1-2-20-12-13-21(14-15-25-17-24)23(20)16-19-10-6-7-11-22(19)18-8-4-3-5-9-18/h3-15,24H,2,16-17H2,1H3. The Morgan fingerprint density at radius 2 is 1.72 bits per heavy atom. The van der Waals surface area contributed by atoms with Crippen LogP contribution in [0.1, 0.15) is 23.9 Å². The van der Waals surface area contributed by atoms with Gasteiger partial charge in [-0.05, 0) is 41.3 Å². The molecule has 0 aliphatic rings. The predicted octanol–water partition coefficient (Wildman–Crippen LogP) is 4.70. The van der Waals surface area contributed by atoms with Gasteiger partial charge >= 0.3 is 0 Å². The van der Waals surface area contributed by atoms with E-state index in [-0.39, 0.29) is 6.79 Å². The third-order valence-corrected chi connectivity index (χ3v) is 4.31. The molecule has 1 aromatic heterocycles. The smallest absolute Gasteiger partial charge is 0.185 e. The summed E-state index contributed by atoms with van der Waals surface area (Å²) in [5.41, 5.74) is 6.08. The number of hydrogen-bond acceptors (Lipinski definition) is 2. The zero-order chi connectivity index (χ0) is 17.5. The Morgan fingerprint density at radius 3 is 2.48 bits per heavy atom. The van der Waals surface area contributed by atoms with Crippen molar-refractivity contribution in [2.75, 3.05) is 6.79 Å². The van der Waals surface area contributed by atoms with Gasteiger partial charge < -0.3 is 14.4 Å². The van der Waals surface area contributed by atoms with Crippen molar-refractivity contribution in [3.63, 3.8) is 0 Å². The van der Waals surface area contributed by atoms with E-state index < -0.39 is 0 Å². The van der Waals surface area contributed by atoms with E-state index in [0.29, 0.717) is 0 Å². The largest absolute Gasteiger partial charge is 0.475 e. The Morgan fingerprint density at radius 1 is 0.960 bits per heavy atom. The minimum absolute atomic E-state index is 0.311. The van der Waals surface area contributed by atoms with Crippen molar-refractivity contribution < 1.29 is 9.84 Å². The quantitative estimate of drug-likeness (QED) is 0.502. The lowest BCUT2D eigenvalue weighted by Crippen LogP contribution is -2.06. The van der Waals surface area contributed by atoms with Gasteiger partial charge in [0.2, 0.25) is 0 Å². The molecule has 0 saturated carbocycles. The summed E-state index contributed by atoms with van der Waals surface area (Å²) in [6, 6.07) is 23.2. The lowest BCUT2D eigenvalue weighted by Gasteiger charge is -2.15. The van der Waals surface area contributed by atoms with Crippen molar-refractivity contribution in [1.29, 1.82) is 0 Å². The molecule has 0 spiro atoms. The number of nitrogens with zero attached hydrogens (tertiary/aromatic N) is 1. The van der Waals surface area contributed by atoms with E-state index in [2.05, 4.69) is 72.2 Å². The van der Waals surface area contributed by atoms with Gasteiger partial charge in [-0.25, -0.2) is 0 Å². The monoisotopic (exact) mass is 333 g/mol. The Labute approximate surface area is 148 Å². The highest BCUT2D eigenvalue weighted by molar-refractivity contribution is 5.67. The normalized spacial score (nSPS) is 11.1. The second-order valence-electron chi connectivity index (χ2n) is 5.81. The lowest BCUT2D eigenvalue weighted by molar-refractivity contribution is 0.0613. The van der Waals surface area contributed by atoms with Crippen LogP contribution < -0.4 is 0 Å². The fourth-order valence-corrected chi connectivity index (χ4v) is 3.06. The van der Waals surface area contributed by atoms with Crippen LogP contribution in [0.2, 0.25) is 0 Å². The van der Waals surface area contributed by atoms with Gasteiger partial charge in [0.25, 0.3) is 0 Å². The van der Waals surface area contributed by atoms with Gasteiger partial charge in [-0.3, -0.25) is 0 Å². The second kappa shape index (κ2) is 8.36. The molecule has 0 aliphatic carbocycles. The summed E-state index contributed by atoms with van der Waals surface area (Å²) in [5.74, 6) is 0. The topological polar surface area (TPSA) is 34.4 Å². The Bertz CT molecular complexity index is 834. The number of aliphatic hydroxyl groups is 1. The minimum Gasteiger partial charge on any atom is -0.475 e. The maximum Gasteiger partial charge on any atom is 0.185 e. The van der Waals surface area contributed by atoms with Gasteiger partial charge in [-0.1, -0.05) is 61.5 Å². The summed E-state index contributed by atoms with van der Waals surface area (Å²) in [6.45, 7) is 2.64. The van der Waals surface area contributed by atoms with Crippen LogP contribution >= 0.6 is 0 Å². The van der Waals surface area contributed by atoms with Crippen LogP contribution in [-0.4, -0.2) is 16.5 Å². The number of benzene rings is 2. The molecule has 1 N–H and O–H groups in total. The van der Waals surface area contributed by atoms with E-state index in [1.54, 1.807) is 0 Å². The van der Waals surface area contributed by atoms with Crippen molar-refractivity contribution in [2.24, 2.45) is 0 Å². The zero-order valence-electron chi connectivity index (χ0n) is 14.4. The van der Waals surface area contributed by atoms with Crippen LogP contribution in [0.25, 0.3) is 17.2 Å². The van der Waals surface area contributed by atoms with E-state index >= 15 is 0 Å². The molecule has 3 aromatic rings. The van der Waals surface area contributed by atoms with Crippen molar-refractivity contribution in [3.8, 4) is 11.1 Å². The third kappa shape index (κ3) is 4.01.